The maximum absolute atomic E-state index is 12.6. The molecule has 6 nitrogen and oxygen atoms in total. The van der Waals surface area contributed by atoms with E-state index in [1.807, 2.05) is 53.9 Å². The zero-order valence-electron chi connectivity index (χ0n) is 14.6. The number of fused-ring (bicyclic) bond motifs is 1. The Morgan fingerprint density at radius 2 is 1.85 bits per heavy atom. The van der Waals surface area contributed by atoms with Crippen LogP contribution < -0.4 is 10.5 Å². The molecule has 4 aromatic rings. The number of nitrogens with zero attached hydrogens (tertiary/aromatic N) is 4. The van der Waals surface area contributed by atoms with E-state index in [0.29, 0.717) is 28.3 Å². The minimum Gasteiger partial charge on any atom is -0.293 e. The van der Waals surface area contributed by atoms with Crippen LogP contribution in [0, 0.1) is 0 Å². The lowest BCUT2D eigenvalue weighted by atomic mass is 10.2. The predicted molar refractivity (Wildman–Crippen MR) is 106 cm³/mol. The van der Waals surface area contributed by atoms with Gasteiger partial charge in [-0.2, -0.15) is 0 Å². The lowest BCUT2D eigenvalue weighted by Crippen LogP contribution is -2.23. The normalized spacial score (nSPS) is 10.9. The summed E-state index contributed by atoms with van der Waals surface area (Å²) in [6.07, 6.45) is 1.53. The zero-order valence-corrected chi connectivity index (χ0v) is 15.4. The molecule has 2 aromatic heterocycles. The van der Waals surface area contributed by atoms with Gasteiger partial charge in [0.15, 0.2) is 5.13 Å². The summed E-state index contributed by atoms with van der Waals surface area (Å²) in [5.41, 5.74) is 2.03. The van der Waals surface area contributed by atoms with E-state index in [4.69, 9.17) is 0 Å². The van der Waals surface area contributed by atoms with E-state index in [9.17, 15) is 9.59 Å². The number of anilines is 2. The Kier molecular flexibility index (Phi) is 4.52. The van der Waals surface area contributed by atoms with E-state index in [1.165, 1.54) is 29.2 Å². The molecule has 2 heterocycles. The molecule has 134 valence electrons. The fourth-order valence-corrected chi connectivity index (χ4v) is 3.75. The highest BCUT2D eigenvalue weighted by molar-refractivity contribution is 7.14. The van der Waals surface area contributed by atoms with Crippen molar-refractivity contribution in [2.75, 3.05) is 4.90 Å². The van der Waals surface area contributed by atoms with Crippen molar-refractivity contribution in [3.05, 3.63) is 82.4 Å². The molecule has 0 atom stereocenters. The molecule has 0 saturated heterocycles. The van der Waals surface area contributed by atoms with Crippen molar-refractivity contribution in [3.63, 3.8) is 0 Å². The summed E-state index contributed by atoms with van der Waals surface area (Å²) in [7, 11) is 0. The monoisotopic (exact) mass is 376 g/mol. The first-order valence-corrected chi connectivity index (χ1v) is 9.26. The largest absolute Gasteiger partial charge is 0.293 e. The average Bonchev–Trinajstić information content (AvgIpc) is 3.13. The van der Waals surface area contributed by atoms with Gasteiger partial charge in [0.25, 0.3) is 5.56 Å². The highest BCUT2D eigenvalue weighted by Gasteiger charge is 2.18. The quantitative estimate of drug-likeness (QED) is 0.546. The van der Waals surface area contributed by atoms with E-state index < -0.39 is 0 Å². The summed E-state index contributed by atoms with van der Waals surface area (Å²) in [6, 6.07) is 16.6. The molecule has 1 amide bonds. The van der Waals surface area contributed by atoms with Crippen molar-refractivity contribution in [2.24, 2.45) is 0 Å². The van der Waals surface area contributed by atoms with E-state index in [0.717, 1.165) is 5.69 Å². The van der Waals surface area contributed by atoms with Crippen LogP contribution in [0.4, 0.5) is 10.8 Å². The number of benzene rings is 2. The van der Waals surface area contributed by atoms with Crippen LogP contribution in [-0.2, 0) is 11.3 Å². The van der Waals surface area contributed by atoms with Gasteiger partial charge in [0.2, 0.25) is 5.91 Å². The second-order valence-corrected chi connectivity index (χ2v) is 6.84. The number of amides is 1. The maximum Gasteiger partial charge on any atom is 0.261 e. The molecular weight excluding hydrogens is 360 g/mol. The fourth-order valence-electron chi connectivity index (χ4n) is 2.87. The lowest BCUT2D eigenvalue weighted by molar-refractivity contribution is -0.115. The molecule has 0 saturated carbocycles. The van der Waals surface area contributed by atoms with Crippen LogP contribution in [-0.4, -0.2) is 20.4 Å². The van der Waals surface area contributed by atoms with Crippen LogP contribution >= 0.6 is 11.3 Å². The van der Waals surface area contributed by atoms with Gasteiger partial charge in [0.1, 0.15) is 0 Å². The van der Waals surface area contributed by atoms with Gasteiger partial charge in [0, 0.05) is 12.3 Å². The molecule has 0 aliphatic heterocycles. The summed E-state index contributed by atoms with van der Waals surface area (Å²) in [6.45, 7) is 1.81. The first-order chi connectivity index (χ1) is 13.1. The van der Waals surface area contributed by atoms with Crippen LogP contribution in [0.25, 0.3) is 10.9 Å². The molecular formula is C20H16N4O2S. The van der Waals surface area contributed by atoms with Crippen LogP contribution in [0.3, 0.4) is 0 Å². The summed E-state index contributed by atoms with van der Waals surface area (Å²) in [4.78, 5) is 35.2. The van der Waals surface area contributed by atoms with Gasteiger partial charge in [-0.25, -0.2) is 9.97 Å². The van der Waals surface area contributed by atoms with Crippen molar-refractivity contribution < 1.29 is 4.79 Å². The smallest absolute Gasteiger partial charge is 0.261 e. The molecule has 7 heteroatoms. The molecule has 0 bridgehead atoms. The molecule has 0 N–H and O–H groups in total. The van der Waals surface area contributed by atoms with Crippen LogP contribution in [0.5, 0.6) is 0 Å². The standard InChI is InChI=1S/C20H16N4O2S/c1-14(25)24(16-7-3-2-4-8-16)20-22-15(12-27-20)11-23-13-21-18-10-6-5-9-17(18)19(23)26/h2-10,12-13H,11H2,1H3. The first kappa shape index (κ1) is 17.1. The molecule has 0 unspecified atom stereocenters. The molecule has 2 aromatic carbocycles. The summed E-state index contributed by atoms with van der Waals surface area (Å²) in [5.74, 6) is -0.119. The van der Waals surface area contributed by atoms with Gasteiger partial charge in [-0.1, -0.05) is 30.3 Å². The van der Waals surface area contributed by atoms with Crippen molar-refractivity contribution in [3.8, 4) is 0 Å². The first-order valence-electron chi connectivity index (χ1n) is 8.38. The number of carbonyl (C=O) groups is 1. The number of para-hydroxylation sites is 2. The van der Waals surface area contributed by atoms with Crippen molar-refractivity contribution in [1.82, 2.24) is 14.5 Å². The van der Waals surface area contributed by atoms with Gasteiger partial charge in [-0.15, -0.1) is 11.3 Å². The average molecular weight is 376 g/mol. The number of hydrogen-bond acceptors (Lipinski definition) is 5. The Hall–Kier alpha value is -3.32. The number of carbonyl (C=O) groups excluding carboxylic acids is 1. The zero-order chi connectivity index (χ0) is 18.8. The molecule has 0 radical (unpaired) electrons. The molecule has 0 aliphatic carbocycles. The predicted octanol–water partition coefficient (Wildman–Crippen LogP) is 3.59. The van der Waals surface area contributed by atoms with Gasteiger partial charge >= 0.3 is 0 Å². The molecule has 0 aliphatic rings. The Balaban J connectivity index is 1.66. The number of hydrogen-bond donors (Lipinski definition) is 0. The van der Waals surface area contributed by atoms with E-state index >= 15 is 0 Å². The Labute approximate surface area is 159 Å². The third kappa shape index (κ3) is 3.37. The van der Waals surface area contributed by atoms with Crippen molar-refractivity contribution in [1.29, 1.82) is 0 Å². The summed E-state index contributed by atoms with van der Waals surface area (Å²) >= 11 is 1.37. The molecule has 0 fully saturated rings. The van der Waals surface area contributed by atoms with Gasteiger partial charge in [-0.05, 0) is 24.3 Å². The highest BCUT2D eigenvalue weighted by Crippen LogP contribution is 2.28. The van der Waals surface area contributed by atoms with Crippen LogP contribution in [0.2, 0.25) is 0 Å². The summed E-state index contributed by atoms with van der Waals surface area (Å²) in [5, 5.41) is 3.01. The number of thiazole rings is 1. The fraction of sp³-hybridized carbons (Fsp3) is 0.100. The SMILES string of the molecule is CC(=O)N(c1ccccc1)c1nc(Cn2cnc3ccccc3c2=O)cs1. The maximum atomic E-state index is 12.6. The second-order valence-electron chi connectivity index (χ2n) is 6.01. The summed E-state index contributed by atoms with van der Waals surface area (Å²) < 4.78 is 1.53. The Morgan fingerprint density at radius 3 is 2.63 bits per heavy atom. The number of rotatable bonds is 4. The third-order valence-electron chi connectivity index (χ3n) is 4.12. The minimum atomic E-state index is -0.119. The van der Waals surface area contributed by atoms with Crippen molar-refractivity contribution in [2.45, 2.75) is 13.5 Å². The molecule has 27 heavy (non-hydrogen) atoms. The lowest BCUT2D eigenvalue weighted by Gasteiger charge is -2.17. The highest BCUT2D eigenvalue weighted by atomic mass is 32.1. The molecule has 0 spiro atoms. The Morgan fingerprint density at radius 1 is 1.11 bits per heavy atom. The van der Waals surface area contributed by atoms with Gasteiger partial charge in [-0.3, -0.25) is 19.1 Å². The van der Waals surface area contributed by atoms with E-state index in [-0.39, 0.29) is 11.5 Å². The third-order valence-corrected chi connectivity index (χ3v) is 5.00. The Bertz CT molecular complexity index is 1170. The molecule has 4 rings (SSSR count). The minimum absolute atomic E-state index is 0.110. The van der Waals surface area contributed by atoms with Crippen LogP contribution in [0.1, 0.15) is 12.6 Å². The van der Waals surface area contributed by atoms with Crippen molar-refractivity contribution >= 4 is 39.0 Å². The van der Waals surface area contributed by atoms with Gasteiger partial charge < -0.3 is 0 Å². The second kappa shape index (κ2) is 7.13. The van der Waals surface area contributed by atoms with Crippen LogP contribution in [0.15, 0.2) is 71.1 Å². The van der Waals surface area contributed by atoms with Gasteiger partial charge in [0.05, 0.1) is 35.2 Å². The van der Waals surface area contributed by atoms with E-state index in [2.05, 4.69) is 9.97 Å². The van der Waals surface area contributed by atoms with E-state index in [1.54, 1.807) is 11.0 Å². The number of aromatic nitrogens is 3. The topological polar surface area (TPSA) is 68.1 Å².